The molecule has 38 valence electrons. The maximum absolute atomic E-state index is 4.69. The number of ether oxygens (including phenoxy) is 1. The van der Waals surface area contributed by atoms with E-state index in [4.69, 9.17) is 0 Å². The standard InChI is InChI=1S/C4H10NO.Li/c1-5-3-4-6-2;/h3-4H2,1-2H3;/q-1;+1. The van der Waals surface area contributed by atoms with Gasteiger partial charge >= 0.3 is 18.9 Å². The third kappa shape index (κ3) is 10.7. The van der Waals surface area contributed by atoms with E-state index in [0.717, 1.165) is 13.2 Å². The Balaban J connectivity index is 0. The topological polar surface area (TPSA) is 23.3 Å². The van der Waals surface area contributed by atoms with E-state index in [2.05, 4.69) is 10.1 Å². The number of methoxy groups -OCH3 is 1. The normalized spacial score (nSPS) is 7.71. The van der Waals surface area contributed by atoms with Crippen LogP contribution in [0.4, 0.5) is 0 Å². The number of rotatable bonds is 3. The number of nitrogens with zero attached hydrogens (tertiary/aromatic N) is 1. The predicted octanol–water partition coefficient (Wildman–Crippen LogP) is -2.36. The van der Waals surface area contributed by atoms with Crippen LogP contribution in [0.15, 0.2) is 0 Å². The third-order valence-electron chi connectivity index (χ3n) is 0.519. The van der Waals surface area contributed by atoms with Crippen molar-refractivity contribution in [3.8, 4) is 0 Å². The van der Waals surface area contributed by atoms with Crippen LogP contribution in [-0.4, -0.2) is 27.3 Å². The van der Waals surface area contributed by atoms with Gasteiger partial charge < -0.3 is 10.1 Å². The van der Waals surface area contributed by atoms with Gasteiger partial charge in [-0.25, -0.2) is 0 Å². The molecule has 0 fully saturated rings. The van der Waals surface area contributed by atoms with E-state index in [-0.39, 0.29) is 18.9 Å². The summed E-state index contributed by atoms with van der Waals surface area (Å²) in [4.78, 5) is 0. The average Bonchev–Trinajstić information content (AvgIpc) is 1.61. The smallest absolute Gasteiger partial charge is 0.663 e. The first-order chi connectivity index (χ1) is 2.91. The van der Waals surface area contributed by atoms with Crippen molar-refractivity contribution < 1.29 is 23.6 Å². The Labute approximate surface area is 56.8 Å². The molecule has 0 amide bonds. The van der Waals surface area contributed by atoms with Gasteiger partial charge in [-0.05, 0) is 0 Å². The maximum atomic E-state index is 4.69. The first-order valence-electron chi connectivity index (χ1n) is 1.96. The summed E-state index contributed by atoms with van der Waals surface area (Å²) in [7, 11) is 3.45. The zero-order valence-corrected chi connectivity index (χ0v) is 5.27. The minimum Gasteiger partial charge on any atom is -0.663 e. The number of likely N-dealkylation sites (N-methyl/N-ethyl adjacent to an activating group) is 1. The van der Waals surface area contributed by atoms with Gasteiger partial charge in [0.25, 0.3) is 0 Å². The molecular weight excluding hydrogens is 85.0 g/mol. The van der Waals surface area contributed by atoms with E-state index < -0.39 is 0 Å². The van der Waals surface area contributed by atoms with Gasteiger partial charge in [-0.15, -0.1) is 6.54 Å². The molecule has 0 N–H and O–H groups in total. The Morgan fingerprint density at radius 3 is 2.29 bits per heavy atom. The Bertz CT molecular complexity index is 23.7. The maximum Gasteiger partial charge on any atom is 1.00 e. The van der Waals surface area contributed by atoms with Gasteiger partial charge in [-0.1, -0.05) is 0 Å². The van der Waals surface area contributed by atoms with E-state index in [9.17, 15) is 0 Å². The summed E-state index contributed by atoms with van der Waals surface area (Å²) in [5, 5.41) is 3.80. The molecule has 0 aliphatic heterocycles. The van der Waals surface area contributed by atoms with Crippen LogP contribution >= 0.6 is 0 Å². The summed E-state index contributed by atoms with van der Waals surface area (Å²) >= 11 is 0. The summed E-state index contributed by atoms with van der Waals surface area (Å²) in [6.07, 6.45) is 0. The van der Waals surface area contributed by atoms with Crippen LogP contribution < -0.4 is 18.9 Å². The quantitative estimate of drug-likeness (QED) is 0.284. The molecule has 0 aromatic rings. The van der Waals surface area contributed by atoms with Crippen molar-refractivity contribution in [2.45, 2.75) is 0 Å². The van der Waals surface area contributed by atoms with Gasteiger partial charge in [0.15, 0.2) is 0 Å². The van der Waals surface area contributed by atoms with E-state index in [0.29, 0.717) is 0 Å². The fourth-order valence-electron chi connectivity index (χ4n) is 0.183. The van der Waals surface area contributed by atoms with Crippen molar-refractivity contribution in [2.24, 2.45) is 0 Å². The van der Waals surface area contributed by atoms with Gasteiger partial charge in [0.1, 0.15) is 0 Å². The first kappa shape index (κ1) is 10.5. The van der Waals surface area contributed by atoms with E-state index in [1.54, 1.807) is 14.2 Å². The Hall–Kier alpha value is 0.517. The molecule has 0 saturated carbocycles. The minimum atomic E-state index is 0. The summed E-state index contributed by atoms with van der Waals surface area (Å²) in [5.74, 6) is 0. The Morgan fingerprint density at radius 1 is 1.57 bits per heavy atom. The van der Waals surface area contributed by atoms with Gasteiger partial charge in [-0.2, -0.15) is 7.05 Å². The van der Waals surface area contributed by atoms with Crippen LogP contribution in [0.25, 0.3) is 5.32 Å². The molecule has 3 heteroatoms. The second-order valence-corrected chi connectivity index (χ2v) is 1.03. The van der Waals surface area contributed by atoms with Crippen LogP contribution in [0.5, 0.6) is 0 Å². The van der Waals surface area contributed by atoms with Crippen molar-refractivity contribution in [2.75, 3.05) is 27.3 Å². The van der Waals surface area contributed by atoms with Crippen LogP contribution in [0.2, 0.25) is 0 Å². The van der Waals surface area contributed by atoms with Gasteiger partial charge in [0, 0.05) is 13.7 Å². The fourth-order valence-corrected chi connectivity index (χ4v) is 0.183. The average molecular weight is 95.1 g/mol. The van der Waals surface area contributed by atoms with Crippen molar-refractivity contribution in [3.63, 3.8) is 0 Å². The number of hydrogen-bond acceptors (Lipinski definition) is 1. The Kier molecular flexibility index (Phi) is 14.6. The molecule has 0 unspecified atom stereocenters. The first-order valence-corrected chi connectivity index (χ1v) is 1.96. The molecule has 7 heavy (non-hydrogen) atoms. The van der Waals surface area contributed by atoms with E-state index >= 15 is 0 Å². The van der Waals surface area contributed by atoms with Crippen LogP contribution in [-0.2, 0) is 4.74 Å². The molecule has 0 aromatic heterocycles. The Morgan fingerprint density at radius 2 is 2.14 bits per heavy atom. The molecule has 0 rings (SSSR count). The predicted molar refractivity (Wildman–Crippen MR) is 26.0 cm³/mol. The number of hydrogen-bond donors (Lipinski definition) is 0. The molecule has 0 aliphatic rings. The fraction of sp³-hybridized carbons (Fsp3) is 1.00. The van der Waals surface area contributed by atoms with Crippen LogP contribution in [0.1, 0.15) is 0 Å². The molecular formula is C4H10LiNO. The van der Waals surface area contributed by atoms with E-state index in [1.807, 2.05) is 0 Å². The summed E-state index contributed by atoms with van der Waals surface area (Å²) < 4.78 is 4.69. The zero-order valence-electron chi connectivity index (χ0n) is 5.27. The van der Waals surface area contributed by atoms with Crippen LogP contribution in [0, 0.1) is 0 Å². The largest absolute Gasteiger partial charge is 1.00 e. The van der Waals surface area contributed by atoms with Gasteiger partial charge in [-0.3, -0.25) is 0 Å². The third-order valence-corrected chi connectivity index (χ3v) is 0.519. The molecule has 2 nitrogen and oxygen atoms in total. The zero-order chi connectivity index (χ0) is 4.83. The molecule has 0 radical (unpaired) electrons. The summed E-state index contributed by atoms with van der Waals surface area (Å²) in [5.41, 5.74) is 0. The SMILES string of the molecule is C[N-]CCOC.[Li+]. The minimum absolute atomic E-state index is 0. The molecule has 0 aromatic carbocycles. The second kappa shape index (κ2) is 9.72. The van der Waals surface area contributed by atoms with Gasteiger partial charge in [0.2, 0.25) is 0 Å². The second-order valence-electron chi connectivity index (χ2n) is 1.03. The molecule has 0 spiro atoms. The monoisotopic (exact) mass is 95.1 g/mol. The molecule has 0 heterocycles. The van der Waals surface area contributed by atoms with E-state index in [1.165, 1.54) is 0 Å². The molecule has 0 aliphatic carbocycles. The summed E-state index contributed by atoms with van der Waals surface area (Å²) in [6.45, 7) is 1.56. The summed E-state index contributed by atoms with van der Waals surface area (Å²) in [6, 6.07) is 0. The van der Waals surface area contributed by atoms with Crippen molar-refractivity contribution >= 4 is 0 Å². The van der Waals surface area contributed by atoms with Crippen LogP contribution in [0.3, 0.4) is 0 Å². The van der Waals surface area contributed by atoms with Crippen molar-refractivity contribution in [1.29, 1.82) is 0 Å². The molecule has 0 atom stereocenters. The van der Waals surface area contributed by atoms with Crippen molar-refractivity contribution in [3.05, 3.63) is 5.32 Å². The van der Waals surface area contributed by atoms with Crippen molar-refractivity contribution in [1.82, 2.24) is 0 Å². The molecule has 0 bridgehead atoms. The molecule has 0 saturated heterocycles. The van der Waals surface area contributed by atoms with Gasteiger partial charge in [0.05, 0.1) is 0 Å².